The minimum absolute atomic E-state index is 0.00459. The Morgan fingerprint density at radius 1 is 1.31 bits per heavy atom. The standard InChI is InChI=1S/C11H10O5/c1-16-9-4-2-7(3-5-10(12)13)6-8(9)11(14)15/h2-6H,1H3,(H,12,13)(H,14,15). The maximum absolute atomic E-state index is 10.9. The zero-order chi connectivity index (χ0) is 12.1. The number of carboxylic acids is 2. The molecule has 0 radical (unpaired) electrons. The lowest BCUT2D eigenvalue weighted by Gasteiger charge is -2.05. The van der Waals surface area contributed by atoms with Crippen molar-refractivity contribution < 1.29 is 24.5 Å². The summed E-state index contributed by atoms with van der Waals surface area (Å²) < 4.78 is 4.87. The van der Waals surface area contributed by atoms with Gasteiger partial charge in [0.25, 0.3) is 0 Å². The largest absolute Gasteiger partial charge is 0.496 e. The molecule has 0 aliphatic heterocycles. The molecule has 0 aliphatic carbocycles. The Morgan fingerprint density at radius 2 is 2.00 bits per heavy atom. The topological polar surface area (TPSA) is 83.8 Å². The molecule has 5 heteroatoms. The number of hydrogen-bond donors (Lipinski definition) is 2. The van der Waals surface area contributed by atoms with E-state index in [0.29, 0.717) is 5.56 Å². The number of aromatic carboxylic acids is 1. The Hall–Kier alpha value is -2.30. The number of aliphatic carboxylic acids is 1. The van der Waals surface area contributed by atoms with Gasteiger partial charge in [-0.1, -0.05) is 6.07 Å². The highest BCUT2D eigenvalue weighted by molar-refractivity contribution is 5.92. The van der Waals surface area contributed by atoms with E-state index >= 15 is 0 Å². The molecule has 16 heavy (non-hydrogen) atoms. The van der Waals surface area contributed by atoms with Crippen molar-refractivity contribution in [3.8, 4) is 5.75 Å². The summed E-state index contributed by atoms with van der Waals surface area (Å²) in [5.74, 6) is -1.98. The van der Waals surface area contributed by atoms with Crippen LogP contribution in [0.2, 0.25) is 0 Å². The van der Waals surface area contributed by atoms with Crippen molar-refractivity contribution in [2.24, 2.45) is 0 Å². The van der Waals surface area contributed by atoms with Crippen molar-refractivity contribution in [3.63, 3.8) is 0 Å². The molecule has 0 atom stereocenters. The van der Waals surface area contributed by atoms with Gasteiger partial charge in [-0.2, -0.15) is 0 Å². The Balaban J connectivity index is 3.12. The third kappa shape index (κ3) is 2.84. The van der Waals surface area contributed by atoms with Gasteiger partial charge in [-0.05, 0) is 23.8 Å². The first kappa shape index (κ1) is 11.8. The van der Waals surface area contributed by atoms with Crippen LogP contribution in [-0.4, -0.2) is 29.3 Å². The van der Waals surface area contributed by atoms with Crippen LogP contribution in [0.4, 0.5) is 0 Å². The van der Waals surface area contributed by atoms with Crippen LogP contribution >= 0.6 is 0 Å². The van der Waals surface area contributed by atoms with Crippen molar-refractivity contribution in [1.29, 1.82) is 0 Å². The van der Waals surface area contributed by atoms with Crippen LogP contribution in [0.3, 0.4) is 0 Å². The van der Waals surface area contributed by atoms with E-state index in [9.17, 15) is 9.59 Å². The lowest BCUT2D eigenvalue weighted by molar-refractivity contribution is -0.131. The van der Waals surface area contributed by atoms with E-state index < -0.39 is 11.9 Å². The molecule has 0 fully saturated rings. The molecule has 1 aromatic rings. The second-order valence-corrected chi connectivity index (χ2v) is 2.94. The minimum atomic E-state index is -1.12. The molecule has 0 saturated heterocycles. The molecule has 2 N–H and O–H groups in total. The number of ether oxygens (including phenoxy) is 1. The third-order valence-electron chi connectivity index (χ3n) is 1.87. The molecule has 0 aromatic heterocycles. The summed E-state index contributed by atoms with van der Waals surface area (Å²) >= 11 is 0. The number of methoxy groups -OCH3 is 1. The van der Waals surface area contributed by atoms with E-state index in [2.05, 4.69) is 0 Å². The average molecular weight is 222 g/mol. The highest BCUT2D eigenvalue weighted by Crippen LogP contribution is 2.20. The monoisotopic (exact) mass is 222 g/mol. The zero-order valence-electron chi connectivity index (χ0n) is 8.51. The maximum atomic E-state index is 10.9. The molecular formula is C11H10O5. The van der Waals surface area contributed by atoms with E-state index in [1.807, 2.05) is 0 Å². The summed E-state index contributed by atoms with van der Waals surface area (Å²) in [7, 11) is 1.37. The Labute approximate surface area is 91.6 Å². The van der Waals surface area contributed by atoms with E-state index in [1.165, 1.54) is 25.3 Å². The predicted octanol–water partition coefficient (Wildman–Crippen LogP) is 1.49. The van der Waals surface area contributed by atoms with Gasteiger partial charge in [0.15, 0.2) is 0 Å². The van der Waals surface area contributed by atoms with Gasteiger partial charge in [-0.3, -0.25) is 0 Å². The van der Waals surface area contributed by atoms with Gasteiger partial charge in [-0.15, -0.1) is 0 Å². The number of rotatable bonds is 4. The van der Waals surface area contributed by atoms with Crippen molar-refractivity contribution in [2.75, 3.05) is 7.11 Å². The van der Waals surface area contributed by atoms with Gasteiger partial charge < -0.3 is 14.9 Å². The Morgan fingerprint density at radius 3 is 2.50 bits per heavy atom. The van der Waals surface area contributed by atoms with E-state index in [1.54, 1.807) is 6.07 Å². The second kappa shape index (κ2) is 4.97. The van der Waals surface area contributed by atoms with Crippen LogP contribution in [-0.2, 0) is 4.79 Å². The first-order chi connectivity index (χ1) is 7.54. The first-order valence-corrected chi connectivity index (χ1v) is 4.37. The predicted molar refractivity (Wildman–Crippen MR) is 56.6 cm³/mol. The van der Waals surface area contributed by atoms with Crippen molar-refractivity contribution in [2.45, 2.75) is 0 Å². The van der Waals surface area contributed by atoms with E-state index in [4.69, 9.17) is 14.9 Å². The fourth-order valence-electron chi connectivity index (χ4n) is 1.16. The van der Waals surface area contributed by atoms with Crippen molar-refractivity contribution in [1.82, 2.24) is 0 Å². The lowest BCUT2D eigenvalue weighted by atomic mass is 10.1. The number of hydrogen-bond acceptors (Lipinski definition) is 3. The van der Waals surface area contributed by atoms with Crippen molar-refractivity contribution in [3.05, 3.63) is 35.4 Å². The van der Waals surface area contributed by atoms with Gasteiger partial charge in [0, 0.05) is 6.08 Å². The molecule has 0 bridgehead atoms. The zero-order valence-corrected chi connectivity index (χ0v) is 8.51. The van der Waals surface area contributed by atoms with Gasteiger partial charge in [0.1, 0.15) is 11.3 Å². The molecule has 84 valence electrons. The maximum Gasteiger partial charge on any atom is 0.339 e. The fourth-order valence-corrected chi connectivity index (χ4v) is 1.16. The van der Waals surface area contributed by atoms with E-state index in [0.717, 1.165) is 6.08 Å². The van der Waals surface area contributed by atoms with Crippen LogP contribution < -0.4 is 4.74 Å². The molecular weight excluding hydrogens is 212 g/mol. The van der Waals surface area contributed by atoms with Gasteiger partial charge >= 0.3 is 11.9 Å². The molecule has 1 aromatic carbocycles. The number of carboxylic acid groups (broad SMARTS) is 2. The van der Waals surface area contributed by atoms with Gasteiger partial charge in [0.2, 0.25) is 0 Å². The molecule has 0 aliphatic rings. The summed E-state index contributed by atoms with van der Waals surface area (Å²) in [5, 5.41) is 17.3. The first-order valence-electron chi connectivity index (χ1n) is 4.37. The molecule has 0 unspecified atom stereocenters. The molecule has 5 nitrogen and oxygen atoms in total. The third-order valence-corrected chi connectivity index (χ3v) is 1.87. The normalized spacial score (nSPS) is 10.3. The summed E-state index contributed by atoms with van der Waals surface area (Å²) in [5.41, 5.74) is 0.482. The van der Waals surface area contributed by atoms with Crippen LogP contribution in [0.15, 0.2) is 24.3 Å². The summed E-state index contributed by atoms with van der Waals surface area (Å²) in [6, 6.07) is 4.40. The highest BCUT2D eigenvalue weighted by Gasteiger charge is 2.10. The smallest absolute Gasteiger partial charge is 0.339 e. The van der Waals surface area contributed by atoms with Gasteiger partial charge in [0.05, 0.1) is 7.11 Å². The Kier molecular flexibility index (Phi) is 3.66. The molecule has 0 amide bonds. The molecule has 0 saturated carbocycles. The van der Waals surface area contributed by atoms with Crippen LogP contribution in [0.1, 0.15) is 15.9 Å². The van der Waals surface area contributed by atoms with Crippen LogP contribution in [0.5, 0.6) is 5.75 Å². The Bertz CT molecular complexity index is 448. The number of benzene rings is 1. The summed E-state index contributed by atoms with van der Waals surface area (Å²) in [4.78, 5) is 21.1. The average Bonchev–Trinajstić information content (AvgIpc) is 2.25. The molecule has 0 heterocycles. The number of carbonyl (C=O) groups is 2. The van der Waals surface area contributed by atoms with Crippen LogP contribution in [0, 0.1) is 0 Å². The summed E-state index contributed by atoms with van der Waals surface area (Å²) in [6.07, 6.45) is 2.25. The van der Waals surface area contributed by atoms with E-state index in [-0.39, 0.29) is 11.3 Å². The quantitative estimate of drug-likeness (QED) is 0.754. The highest BCUT2D eigenvalue weighted by atomic mass is 16.5. The van der Waals surface area contributed by atoms with Crippen molar-refractivity contribution >= 4 is 18.0 Å². The minimum Gasteiger partial charge on any atom is -0.496 e. The van der Waals surface area contributed by atoms with Gasteiger partial charge in [-0.25, -0.2) is 9.59 Å². The van der Waals surface area contributed by atoms with Crippen LogP contribution in [0.25, 0.3) is 6.08 Å². The second-order valence-electron chi connectivity index (χ2n) is 2.94. The molecule has 1 rings (SSSR count). The molecule has 0 spiro atoms. The lowest BCUT2D eigenvalue weighted by Crippen LogP contribution is -2.00. The summed E-state index contributed by atoms with van der Waals surface area (Å²) in [6.45, 7) is 0. The SMILES string of the molecule is COc1ccc(C=CC(=O)O)cc1C(=O)O. The fraction of sp³-hybridized carbons (Fsp3) is 0.0909.